The van der Waals surface area contributed by atoms with E-state index in [-0.39, 0.29) is 0 Å². The molecule has 12 heavy (non-hydrogen) atoms. The minimum Gasteiger partial charge on any atom is -0.265 e. The number of nitrogens with zero attached hydrogens (tertiary/aromatic N) is 2. The van der Waals surface area contributed by atoms with Crippen molar-refractivity contribution in [1.82, 2.24) is 9.97 Å². The molecule has 0 bridgehead atoms. The van der Waals surface area contributed by atoms with Crippen LogP contribution in [0.4, 0.5) is 0 Å². The predicted molar refractivity (Wildman–Crippen MR) is 50.4 cm³/mol. The molecule has 2 nitrogen and oxygen atoms in total. The highest BCUT2D eigenvalue weighted by Crippen LogP contribution is 2.24. The van der Waals surface area contributed by atoms with Crippen molar-refractivity contribution in [2.45, 2.75) is 0 Å². The van der Waals surface area contributed by atoms with Crippen LogP contribution in [0.2, 0.25) is 5.15 Å². The Morgan fingerprint density at radius 2 is 2.00 bits per heavy atom. The molecule has 0 spiro atoms. The van der Waals surface area contributed by atoms with Crippen LogP contribution in [-0.2, 0) is 0 Å². The van der Waals surface area contributed by atoms with E-state index < -0.39 is 0 Å². The van der Waals surface area contributed by atoms with Crippen LogP contribution in [0, 0.1) is 0 Å². The van der Waals surface area contributed by atoms with Crippen molar-refractivity contribution in [1.29, 1.82) is 0 Å². The number of aromatic nitrogens is 2. The third kappa shape index (κ3) is 1.47. The summed E-state index contributed by atoms with van der Waals surface area (Å²) in [5.74, 6) is 0. The lowest BCUT2D eigenvalue weighted by Crippen LogP contribution is -1.75. The molecule has 0 saturated carbocycles. The highest BCUT2D eigenvalue weighted by Gasteiger charge is 2.01. The fraction of sp³-hybridized carbons (Fsp3) is 0. The van der Waals surface area contributed by atoms with Crippen LogP contribution in [0.5, 0.6) is 0 Å². The monoisotopic (exact) mass is 196 g/mol. The largest absolute Gasteiger partial charge is 0.265 e. The lowest BCUT2D eigenvalue weighted by molar-refractivity contribution is 1.32. The minimum absolute atomic E-state index is 0.548. The van der Waals surface area contributed by atoms with Crippen LogP contribution < -0.4 is 0 Å². The number of thiazole rings is 1. The lowest BCUT2D eigenvalue weighted by atomic mass is 10.3. The first-order chi connectivity index (χ1) is 5.86. The van der Waals surface area contributed by atoms with Gasteiger partial charge in [-0.1, -0.05) is 11.6 Å². The molecule has 0 aliphatic heterocycles. The van der Waals surface area contributed by atoms with Gasteiger partial charge < -0.3 is 0 Å². The minimum atomic E-state index is 0.548. The normalized spacial score (nSPS) is 10.1. The Hall–Kier alpha value is -0.930. The van der Waals surface area contributed by atoms with Crippen LogP contribution in [0.3, 0.4) is 0 Å². The molecule has 0 unspecified atom stereocenters. The van der Waals surface area contributed by atoms with Gasteiger partial charge in [0.2, 0.25) is 0 Å². The van der Waals surface area contributed by atoms with Gasteiger partial charge in [0.1, 0.15) is 10.2 Å². The third-order valence-corrected chi connectivity index (χ3v) is 2.62. The molecule has 0 aliphatic rings. The topological polar surface area (TPSA) is 25.8 Å². The number of hydrogen-bond donors (Lipinski definition) is 0. The summed E-state index contributed by atoms with van der Waals surface area (Å²) in [7, 11) is 0. The maximum Gasteiger partial charge on any atom is 0.140 e. The zero-order chi connectivity index (χ0) is 8.39. The van der Waals surface area contributed by atoms with E-state index in [0.717, 1.165) is 10.6 Å². The molecule has 0 atom stereocenters. The number of hydrogen-bond acceptors (Lipinski definition) is 3. The van der Waals surface area contributed by atoms with E-state index in [0.29, 0.717) is 5.15 Å². The summed E-state index contributed by atoms with van der Waals surface area (Å²) in [4.78, 5) is 8.06. The predicted octanol–water partition coefficient (Wildman–Crippen LogP) is 2.86. The summed E-state index contributed by atoms with van der Waals surface area (Å²) in [6.07, 6.45) is 3.48. The zero-order valence-electron chi connectivity index (χ0n) is 6.07. The first-order valence-electron chi connectivity index (χ1n) is 3.38. The standard InChI is InChI=1S/C8H5ClN2S/c9-7-5-12-8(11-7)6-1-3-10-4-2-6/h1-5H. The molecule has 0 aliphatic carbocycles. The van der Waals surface area contributed by atoms with Gasteiger partial charge in [-0.2, -0.15) is 0 Å². The van der Waals surface area contributed by atoms with Crippen LogP contribution in [0.1, 0.15) is 0 Å². The van der Waals surface area contributed by atoms with Gasteiger partial charge in [-0.05, 0) is 12.1 Å². The second-order valence-corrected chi connectivity index (χ2v) is 3.46. The molecule has 2 heterocycles. The van der Waals surface area contributed by atoms with Gasteiger partial charge in [0, 0.05) is 23.3 Å². The Labute approximate surface area is 78.9 Å². The lowest BCUT2D eigenvalue weighted by Gasteiger charge is -1.91. The van der Waals surface area contributed by atoms with Crippen LogP contribution in [0.25, 0.3) is 10.6 Å². The summed E-state index contributed by atoms with van der Waals surface area (Å²) in [6, 6.07) is 3.82. The number of halogens is 1. The SMILES string of the molecule is Clc1csc(-c2ccncc2)n1. The molecular weight excluding hydrogens is 192 g/mol. The van der Waals surface area contributed by atoms with E-state index in [1.807, 2.05) is 17.5 Å². The van der Waals surface area contributed by atoms with E-state index in [9.17, 15) is 0 Å². The molecule has 2 aromatic rings. The summed E-state index contributed by atoms with van der Waals surface area (Å²) >= 11 is 7.23. The maximum atomic E-state index is 5.69. The molecular formula is C8H5ClN2S. The summed E-state index contributed by atoms with van der Waals surface area (Å²) in [5, 5.41) is 3.30. The molecule has 0 saturated heterocycles. The Morgan fingerprint density at radius 1 is 1.25 bits per heavy atom. The van der Waals surface area contributed by atoms with Crippen molar-refractivity contribution in [3.8, 4) is 10.6 Å². The van der Waals surface area contributed by atoms with Gasteiger partial charge in [0.05, 0.1) is 0 Å². The molecule has 4 heteroatoms. The van der Waals surface area contributed by atoms with Gasteiger partial charge in [-0.25, -0.2) is 4.98 Å². The van der Waals surface area contributed by atoms with Gasteiger partial charge in [0.25, 0.3) is 0 Å². The fourth-order valence-corrected chi connectivity index (χ4v) is 1.83. The smallest absolute Gasteiger partial charge is 0.140 e. The Morgan fingerprint density at radius 3 is 2.58 bits per heavy atom. The van der Waals surface area contributed by atoms with Crippen LogP contribution in [0.15, 0.2) is 29.9 Å². The van der Waals surface area contributed by atoms with Crippen molar-refractivity contribution >= 4 is 22.9 Å². The number of pyridine rings is 1. The molecule has 2 rings (SSSR count). The highest BCUT2D eigenvalue weighted by molar-refractivity contribution is 7.13. The van der Waals surface area contributed by atoms with Crippen molar-refractivity contribution in [2.24, 2.45) is 0 Å². The van der Waals surface area contributed by atoms with Gasteiger partial charge >= 0.3 is 0 Å². The van der Waals surface area contributed by atoms with E-state index in [1.54, 1.807) is 12.4 Å². The zero-order valence-corrected chi connectivity index (χ0v) is 7.64. The Bertz CT molecular complexity index is 372. The van der Waals surface area contributed by atoms with E-state index in [2.05, 4.69) is 9.97 Å². The summed E-state index contributed by atoms with van der Waals surface area (Å²) in [5.41, 5.74) is 1.06. The average molecular weight is 197 g/mol. The third-order valence-electron chi connectivity index (χ3n) is 1.40. The highest BCUT2D eigenvalue weighted by atomic mass is 35.5. The number of rotatable bonds is 1. The molecule has 0 radical (unpaired) electrons. The van der Waals surface area contributed by atoms with Crippen LogP contribution >= 0.6 is 22.9 Å². The first-order valence-corrected chi connectivity index (χ1v) is 4.63. The van der Waals surface area contributed by atoms with Crippen molar-refractivity contribution < 1.29 is 0 Å². The quantitative estimate of drug-likeness (QED) is 0.701. The van der Waals surface area contributed by atoms with Gasteiger partial charge in [-0.3, -0.25) is 4.98 Å². The van der Waals surface area contributed by atoms with Crippen molar-refractivity contribution in [3.63, 3.8) is 0 Å². The Kier molecular flexibility index (Phi) is 2.06. The fourth-order valence-electron chi connectivity index (χ4n) is 0.881. The van der Waals surface area contributed by atoms with Crippen molar-refractivity contribution in [2.75, 3.05) is 0 Å². The summed E-state index contributed by atoms with van der Waals surface area (Å²) < 4.78 is 0. The second kappa shape index (κ2) is 3.21. The first kappa shape index (κ1) is 7.71. The molecule has 0 fully saturated rings. The summed E-state index contributed by atoms with van der Waals surface area (Å²) in [6.45, 7) is 0. The van der Waals surface area contributed by atoms with Gasteiger partial charge in [-0.15, -0.1) is 11.3 Å². The molecule has 0 amide bonds. The van der Waals surface area contributed by atoms with E-state index in [1.165, 1.54) is 11.3 Å². The van der Waals surface area contributed by atoms with Crippen molar-refractivity contribution in [3.05, 3.63) is 35.1 Å². The van der Waals surface area contributed by atoms with Gasteiger partial charge in [0.15, 0.2) is 0 Å². The molecule has 0 aromatic carbocycles. The van der Waals surface area contributed by atoms with Crippen LogP contribution in [-0.4, -0.2) is 9.97 Å². The second-order valence-electron chi connectivity index (χ2n) is 2.21. The molecule has 60 valence electrons. The Balaban J connectivity index is 2.45. The van der Waals surface area contributed by atoms with E-state index >= 15 is 0 Å². The molecule has 0 N–H and O–H groups in total. The average Bonchev–Trinajstić information content (AvgIpc) is 2.54. The van der Waals surface area contributed by atoms with E-state index in [4.69, 9.17) is 11.6 Å². The maximum absolute atomic E-state index is 5.69. The molecule has 2 aromatic heterocycles.